The zero-order chi connectivity index (χ0) is 15.7. The van der Waals surface area contributed by atoms with Crippen LogP contribution in [-0.4, -0.2) is 53.0 Å². The van der Waals surface area contributed by atoms with E-state index in [0.29, 0.717) is 11.6 Å². The molecule has 8 heteroatoms. The number of carbonyl (C=O) groups excluding carboxylic acids is 2. The number of amides is 2. The number of carbonyl (C=O) groups is 2. The molecule has 0 spiro atoms. The molecule has 3 N–H and O–H groups in total. The second-order valence-electron chi connectivity index (χ2n) is 4.66. The summed E-state index contributed by atoms with van der Waals surface area (Å²) in [7, 11) is 0. The van der Waals surface area contributed by atoms with Gasteiger partial charge in [0.05, 0.1) is 19.6 Å². The lowest BCUT2D eigenvalue weighted by molar-refractivity contribution is -0.129. The van der Waals surface area contributed by atoms with Crippen molar-refractivity contribution in [1.29, 1.82) is 0 Å². The predicted octanol–water partition coefficient (Wildman–Crippen LogP) is -0.154. The summed E-state index contributed by atoms with van der Waals surface area (Å²) in [5.41, 5.74) is 5.62. The number of aliphatic hydroxyl groups excluding tert-OH is 1. The fourth-order valence-corrected chi connectivity index (χ4v) is 2.55. The zero-order valence-corrected chi connectivity index (χ0v) is 13.2. The van der Waals surface area contributed by atoms with Crippen LogP contribution in [-0.2, 0) is 16.0 Å². The topological polar surface area (TPSA) is 94.6 Å². The Labute approximate surface area is 128 Å². The number of aromatic nitrogens is 1. The molecule has 1 rings (SSSR count). The van der Waals surface area contributed by atoms with Crippen molar-refractivity contribution in [2.24, 2.45) is 0 Å². The number of aryl methyl sites for hydroxylation is 1. The van der Waals surface area contributed by atoms with E-state index >= 15 is 0 Å². The first kappa shape index (κ1) is 17.5. The highest BCUT2D eigenvalue weighted by Gasteiger charge is 2.11. The molecule has 0 saturated carbocycles. The van der Waals surface area contributed by atoms with E-state index in [-0.39, 0.29) is 31.4 Å². The molecule has 1 heterocycles. The average Bonchev–Trinajstić information content (AvgIpc) is 2.82. The van der Waals surface area contributed by atoms with Gasteiger partial charge in [-0.15, -0.1) is 11.3 Å². The molecule has 21 heavy (non-hydrogen) atoms. The number of thiazole rings is 1. The maximum Gasteiger partial charge on any atom is 0.252 e. The minimum atomic E-state index is -0.305. The van der Waals surface area contributed by atoms with Crippen molar-refractivity contribution < 1.29 is 14.7 Å². The first-order valence-corrected chi connectivity index (χ1v) is 7.75. The van der Waals surface area contributed by atoms with Gasteiger partial charge in [0, 0.05) is 17.6 Å². The highest BCUT2D eigenvalue weighted by atomic mass is 32.1. The number of hydrogen-bond acceptors (Lipinski definition) is 6. The number of hydrogen-bond donors (Lipinski definition) is 3. The maximum absolute atomic E-state index is 11.7. The maximum atomic E-state index is 11.7. The Balaban J connectivity index is 2.29. The van der Waals surface area contributed by atoms with E-state index < -0.39 is 0 Å². The van der Waals surface area contributed by atoms with Gasteiger partial charge in [0.25, 0.3) is 5.91 Å². The van der Waals surface area contributed by atoms with Crippen molar-refractivity contribution in [1.82, 2.24) is 20.7 Å². The van der Waals surface area contributed by atoms with Crippen LogP contribution in [0, 0.1) is 6.92 Å². The van der Waals surface area contributed by atoms with Gasteiger partial charge in [-0.2, -0.15) is 0 Å². The van der Waals surface area contributed by atoms with Gasteiger partial charge in [-0.3, -0.25) is 25.3 Å². The number of hydrazine groups is 1. The lowest BCUT2D eigenvalue weighted by atomic mass is 10.4. The Morgan fingerprint density at radius 2 is 2.05 bits per heavy atom. The molecule has 1 aromatic heterocycles. The second-order valence-corrected chi connectivity index (χ2v) is 5.60. The SMILES string of the molecule is CCCN(CCO)CC(=O)NNC(=O)Cc1nc(C)cs1. The summed E-state index contributed by atoms with van der Waals surface area (Å²) in [6, 6.07) is 0. The van der Waals surface area contributed by atoms with Crippen molar-refractivity contribution in [2.75, 3.05) is 26.2 Å². The van der Waals surface area contributed by atoms with Crippen LogP contribution in [0.15, 0.2) is 5.38 Å². The van der Waals surface area contributed by atoms with Gasteiger partial charge in [0.2, 0.25) is 5.91 Å². The third-order valence-electron chi connectivity index (χ3n) is 2.64. The lowest BCUT2D eigenvalue weighted by Gasteiger charge is -2.19. The van der Waals surface area contributed by atoms with Gasteiger partial charge in [-0.05, 0) is 19.9 Å². The van der Waals surface area contributed by atoms with Gasteiger partial charge >= 0.3 is 0 Å². The minimum absolute atomic E-state index is 0.00301. The molecular weight excluding hydrogens is 292 g/mol. The van der Waals surface area contributed by atoms with Gasteiger partial charge < -0.3 is 5.11 Å². The second kappa shape index (κ2) is 9.43. The quantitative estimate of drug-likeness (QED) is 0.580. The van der Waals surface area contributed by atoms with Crippen molar-refractivity contribution in [3.63, 3.8) is 0 Å². The van der Waals surface area contributed by atoms with Crippen LogP contribution in [0.3, 0.4) is 0 Å². The summed E-state index contributed by atoms with van der Waals surface area (Å²) in [4.78, 5) is 29.4. The van der Waals surface area contributed by atoms with E-state index in [0.717, 1.165) is 18.7 Å². The first-order valence-electron chi connectivity index (χ1n) is 6.87. The largest absolute Gasteiger partial charge is 0.395 e. The molecule has 0 unspecified atom stereocenters. The molecule has 0 bridgehead atoms. The molecule has 1 aromatic rings. The van der Waals surface area contributed by atoms with E-state index in [1.807, 2.05) is 24.1 Å². The fraction of sp³-hybridized carbons (Fsp3) is 0.615. The average molecular weight is 314 g/mol. The third-order valence-corrected chi connectivity index (χ3v) is 3.61. The Hall–Kier alpha value is -1.51. The van der Waals surface area contributed by atoms with E-state index in [1.54, 1.807) is 0 Å². The Morgan fingerprint density at radius 1 is 1.33 bits per heavy atom. The standard InChI is InChI=1S/C13H22N4O3S/c1-3-4-17(5-6-18)8-12(20)16-15-11(19)7-13-14-10(2)9-21-13/h9,18H,3-8H2,1-2H3,(H,15,19)(H,16,20). The third kappa shape index (κ3) is 7.16. The smallest absolute Gasteiger partial charge is 0.252 e. The van der Waals surface area contributed by atoms with E-state index in [4.69, 9.17) is 5.11 Å². The van der Waals surface area contributed by atoms with E-state index in [9.17, 15) is 9.59 Å². The summed E-state index contributed by atoms with van der Waals surface area (Å²) < 4.78 is 0. The van der Waals surface area contributed by atoms with Crippen LogP contribution < -0.4 is 10.9 Å². The van der Waals surface area contributed by atoms with Crippen LogP contribution in [0.2, 0.25) is 0 Å². The van der Waals surface area contributed by atoms with Crippen LogP contribution in [0.25, 0.3) is 0 Å². The van der Waals surface area contributed by atoms with Crippen LogP contribution in [0.5, 0.6) is 0 Å². The van der Waals surface area contributed by atoms with Crippen LogP contribution in [0.4, 0.5) is 0 Å². The molecule has 0 aliphatic carbocycles. The van der Waals surface area contributed by atoms with E-state index in [1.165, 1.54) is 11.3 Å². The highest BCUT2D eigenvalue weighted by molar-refractivity contribution is 7.09. The molecule has 0 aliphatic heterocycles. The minimum Gasteiger partial charge on any atom is -0.395 e. The zero-order valence-electron chi connectivity index (χ0n) is 12.4. The molecule has 118 valence electrons. The van der Waals surface area contributed by atoms with Crippen molar-refractivity contribution in [3.8, 4) is 0 Å². The molecule has 0 radical (unpaired) electrons. The molecule has 0 fully saturated rings. The first-order chi connectivity index (χ1) is 10.0. The van der Waals surface area contributed by atoms with Gasteiger partial charge in [0.1, 0.15) is 5.01 Å². The predicted molar refractivity (Wildman–Crippen MR) is 80.7 cm³/mol. The molecular formula is C13H22N4O3S. The van der Waals surface area contributed by atoms with Crippen molar-refractivity contribution >= 4 is 23.2 Å². The Morgan fingerprint density at radius 3 is 2.62 bits per heavy atom. The Kier molecular flexibility index (Phi) is 7.88. The lowest BCUT2D eigenvalue weighted by Crippen LogP contribution is -2.47. The summed E-state index contributed by atoms with van der Waals surface area (Å²) in [5.74, 6) is -0.609. The van der Waals surface area contributed by atoms with Gasteiger partial charge in [-0.25, -0.2) is 4.98 Å². The van der Waals surface area contributed by atoms with Crippen molar-refractivity contribution in [2.45, 2.75) is 26.7 Å². The van der Waals surface area contributed by atoms with Crippen LogP contribution in [0.1, 0.15) is 24.0 Å². The molecule has 0 saturated heterocycles. The Bertz CT molecular complexity index is 458. The molecule has 0 aromatic carbocycles. The van der Waals surface area contributed by atoms with E-state index in [2.05, 4.69) is 15.8 Å². The number of nitrogens with zero attached hydrogens (tertiary/aromatic N) is 2. The summed E-state index contributed by atoms with van der Waals surface area (Å²) in [5, 5.41) is 11.5. The molecule has 0 aliphatic rings. The highest BCUT2D eigenvalue weighted by Crippen LogP contribution is 2.08. The monoisotopic (exact) mass is 314 g/mol. The molecule has 2 amide bonds. The summed E-state index contributed by atoms with van der Waals surface area (Å²) in [6.07, 6.45) is 1.04. The molecule has 0 atom stereocenters. The molecule has 7 nitrogen and oxygen atoms in total. The number of nitrogens with one attached hydrogen (secondary N) is 2. The number of aliphatic hydroxyl groups is 1. The van der Waals surface area contributed by atoms with Gasteiger partial charge in [-0.1, -0.05) is 6.92 Å². The van der Waals surface area contributed by atoms with Gasteiger partial charge in [0.15, 0.2) is 0 Å². The van der Waals surface area contributed by atoms with Crippen LogP contribution >= 0.6 is 11.3 Å². The van der Waals surface area contributed by atoms with Crippen molar-refractivity contribution in [3.05, 3.63) is 16.1 Å². The summed E-state index contributed by atoms with van der Waals surface area (Å²) in [6.45, 7) is 5.17. The normalized spacial score (nSPS) is 10.7. The number of rotatable bonds is 8. The summed E-state index contributed by atoms with van der Waals surface area (Å²) >= 11 is 1.42. The fourth-order valence-electron chi connectivity index (χ4n) is 1.78.